The zero-order chi connectivity index (χ0) is 13.1. The molecule has 2 rings (SSSR count). The van der Waals surface area contributed by atoms with Crippen LogP contribution < -0.4 is 5.73 Å². The number of carbonyl (C=O) groups is 1. The average Bonchev–Trinajstić information content (AvgIpc) is 2.83. The zero-order valence-electron chi connectivity index (χ0n) is 11.9. The minimum Gasteiger partial charge on any atom is -0.340 e. The lowest BCUT2D eigenvalue weighted by molar-refractivity contribution is -0.141. The van der Waals surface area contributed by atoms with Gasteiger partial charge in [-0.25, -0.2) is 0 Å². The molecule has 0 radical (unpaired) electrons. The Morgan fingerprint density at radius 1 is 1.17 bits per heavy atom. The molecule has 0 spiro atoms. The summed E-state index contributed by atoms with van der Waals surface area (Å²) in [5.41, 5.74) is 6.21. The van der Waals surface area contributed by atoms with E-state index in [-0.39, 0.29) is 12.0 Å². The Hall–Kier alpha value is -0.570. The van der Waals surface area contributed by atoms with Gasteiger partial charge in [0.1, 0.15) is 0 Å². The normalized spacial score (nSPS) is 33.6. The summed E-state index contributed by atoms with van der Waals surface area (Å²) in [6.07, 6.45) is 8.30. The van der Waals surface area contributed by atoms with Crippen LogP contribution in [0.2, 0.25) is 0 Å². The molecular weight excluding hydrogens is 224 g/mol. The summed E-state index contributed by atoms with van der Waals surface area (Å²) in [6, 6.07) is 0.570. The third-order valence-electron chi connectivity index (χ3n) is 4.95. The third kappa shape index (κ3) is 2.71. The van der Waals surface area contributed by atoms with E-state index in [9.17, 15) is 4.79 Å². The molecule has 3 heteroatoms. The van der Waals surface area contributed by atoms with Gasteiger partial charge in [-0.15, -0.1) is 0 Å². The van der Waals surface area contributed by atoms with Gasteiger partial charge in [0, 0.05) is 18.6 Å². The van der Waals surface area contributed by atoms with E-state index >= 15 is 0 Å². The van der Waals surface area contributed by atoms with Gasteiger partial charge in [-0.2, -0.15) is 0 Å². The largest absolute Gasteiger partial charge is 0.340 e. The van der Waals surface area contributed by atoms with Crippen LogP contribution >= 0.6 is 0 Å². The van der Waals surface area contributed by atoms with E-state index < -0.39 is 0 Å². The van der Waals surface area contributed by atoms with E-state index in [0.717, 1.165) is 19.4 Å². The number of carbonyl (C=O) groups excluding carboxylic acids is 1. The van der Waals surface area contributed by atoms with Crippen molar-refractivity contribution in [2.24, 2.45) is 17.6 Å². The van der Waals surface area contributed by atoms with Gasteiger partial charge in [-0.05, 0) is 38.5 Å². The second-order valence-corrected chi connectivity index (χ2v) is 6.16. The highest BCUT2D eigenvalue weighted by Crippen LogP contribution is 2.32. The molecule has 3 nitrogen and oxygen atoms in total. The van der Waals surface area contributed by atoms with Crippen LogP contribution in [0.1, 0.15) is 58.8 Å². The van der Waals surface area contributed by atoms with Crippen LogP contribution in [0.5, 0.6) is 0 Å². The van der Waals surface area contributed by atoms with Gasteiger partial charge in [-0.1, -0.05) is 26.2 Å². The Bertz CT molecular complexity index is 276. The molecule has 3 atom stereocenters. The number of rotatable bonds is 3. The maximum absolute atomic E-state index is 12.8. The van der Waals surface area contributed by atoms with Crippen molar-refractivity contribution in [2.75, 3.05) is 6.54 Å². The highest BCUT2D eigenvalue weighted by atomic mass is 16.2. The highest BCUT2D eigenvalue weighted by Gasteiger charge is 2.38. The van der Waals surface area contributed by atoms with E-state index in [2.05, 4.69) is 18.7 Å². The number of nitrogens with two attached hydrogens (primary N) is 1. The van der Waals surface area contributed by atoms with Gasteiger partial charge < -0.3 is 10.6 Å². The molecule has 1 amide bonds. The third-order valence-corrected chi connectivity index (χ3v) is 4.95. The van der Waals surface area contributed by atoms with Crippen molar-refractivity contribution < 1.29 is 4.79 Å². The fraction of sp³-hybridized carbons (Fsp3) is 0.933. The molecule has 2 aliphatic rings. The lowest BCUT2D eigenvalue weighted by atomic mass is 9.76. The Labute approximate surface area is 111 Å². The Balaban J connectivity index is 2.06. The number of amides is 1. The predicted molar refractivity (Wildman–Crippen MR) is 74.1 cm³/mol. The Morgan fingerprint density at radius 2 is 1.83 bits per heavy atom. The molecule has 2 aliphatic carbocycles. The molecule has 2 N–H and O–H groups in total. The maximum atomic E-state index is 12.8. The topological polar surface area (TPSA) is 46.3 Å². The van der Waals surface area contributed by atoms with Crippen LogP contribution in [-0.2, 0) is 4.79 Å². The fourth-order valence-electron chi connectivity index (χ4n) is 3.88. The second kappa shape index (κ2) is 6.05. The van der Waals surface area contributed by atoms with Gasteiger partial charge in [-0.3, -0.25) is 4.79 Å². The van der Waals surface area contributed by atoms with Crippen molar-refractivity contribution in [1.29, 1.82) is 0 Å². The summed E-state index contributed by atoms with van der Waals surface area (Å²) in [7, 11) is 0. The average molecular weight is 252 g/mol. The number of hydrogen-bond acceptors (Lipinski definition) is 2. The molecule has 104 valence electrons. The first-order valence-electron chi connectivity index (χ1n) is 7.71. The van der Waals surface area contributed by atoms with Gasteiger partial charge in [0.2, 0.25) is 5.91 Å². The van der Waals surface area contributed by atoms with Gasteiger partial charge in [0.15, 0.2) is 0 Å². The molecule has 18 heavy (non-hydrogen) atoms. The molecule has 0 aromatic rings. The lowest BCUT2D eigenvalue weighted by Crippen LogP contribution is -2.51. The number of nitrogens with zero attached hydrogens (tertiary/aromatic N) is 1. The molecule has 0 aliphatic heterocycles. The van der Waals surface area contributed by atoms with E-state index in [1.54, 1.807) is 0 Å². The van der Waals surface area contributed by atoms with Crippen molar-refractivity contribution in [1.82, 2.24) is 4.90 Å². The SMILES string of the molecule is CCN(C(=O)C1C(C)CCCC1N)C1CCCC1. The summed E-state index contributed by atoms with van der Waals surface area (Å²) in [5.74, 6) is 0.861. The van der Waals surface area contributed by atoms with Crippen LogP contribution in [0.25, 0.3) is 0 Å². The quantitative estimate of drug-likeness (QED) is 0.839. The molecule has 2 fully saturated rings. The first-order chi connectivity index (χ1) is 8.65. The van der Waals surface area contributed by atoms with E-state index in [0.29, 0.717) is 17.9 Å². The minimum absolute atomic E-state index is 0.0688. The predicted octanol–water partition coefficient (Wildman–Crippen LogP) is 2.54. The monoisotopic (exact) mass is 252 g/mol. The fourth-order valence-corrected chi connectivity index (χ4v) is 3.88. The lowest BCUT2D eigenvalue weighted by Gasteiger charge is -2.38. The van der Waals surface area contributed by atoms with E-state index in [1.807, 2.05) is 0 Å². The summed E-state index contributed by atoms with van der Waals surface area (Å²) >= 11 is 0. The minimum atomic E-state index is 0.0688. The van der Waals surface area contributed by atoms with Crippen molar-refractivity contribution in [3.8, 4) is 0 Å². The maximum Gasteiger partial charge on any atom is 0.227 e. The summed E-state index contributed by atoms with van der Waals surface area (Å²) in [5, 5.41) is 0. The van der Waals surface area contributed by atoms with Gasteiger partial charge in [0.05, 0.1) is 5.92 Å². The Morgan fingerprint density at radius 3 is 2.39 bits per heavy atom. The number of hydrogen-bond donors (Lipinski definition) is 1. The van der Waals surface area contributed by atoms with E-state index in [4.69, 9.17) is 5.73 Å². The van der Waals surface area contributed by atoms with Crippen molar-refractivity contribution in [2.45, 2.75) is 70.9 Å². The van der Waals surface area contributed by atoms with E-state index in [1.165, 1.54) is 32.1 Å². The van der Waals surface area contributed by atoms with Crippen molar-refractivity contribution >= 4 is 5.91 Å². The molecular formula is C15H28N2O. The molecule has 0 bridgehead atoms. The van der Waals surface area contributed by atoms with Crippen LogP contribution in [0.4, 0.5) is 0 Å². The van der Waals surface area contributed by atoms with Gasteiger partial charge in [0.25, 0.3) is 0 Å². The summed E-state index contributed by atoms with van der Waals surface area (Å²) < 4.78 is 0. The molecule has 0 heterocycles. The molecule has 3 unspecified atom stereocenters. The van der Waals surface area contributed by atoms with Gasteiger partial charge >= 0.3 is 0 Å². The first kappa shape index (κ1) is 13.9. The van der Waals surface area contributed by atoms with Crippen LogP contribution in [0.3, 0.4) is 0 Å². The standard InChI is InChI=1S/C15H28N2O/c1-3-17(12-8-4-5-9-12)15(18)14-11(2)7-6-10-13(14)16/h11-14H,3-10,16H2,1-2H3. The molecule has 2 saturated carbocycles. The highest BCUT2D eigenvalue weighted by molar-refractivity contribution is 5.80. The summed E-state index contributed by atoms with van der Waals surface area (Å²) in [4.78, 5) is 14.9. The first-order valence-corrected chi connectivity index (χ1v) is 7.71. The van der Waals surface area contributed by atoms with Crippen LogP contribution in [0, 0.1) is 11.8 Å². The van der Waals surface area contributed by atoms with Crippen molar-refractivity contribution in [3.63, 3.8) is 0 Å². The van der Waals surface area contributed by atoms with Crippen molar-refractivity contribution in [3.05, 3.63) is 0 Å². The Kier molecular flexibility index (Phi) is 4.66. The second-order valence-electron chi connectivity index (χ2n) is 6.16. The zero-order valence-corrected chi connectivity index (χ0v) is 11.9. The molecule has 0 saturated heterocycles. The van der Waals surface area contributed by atoms with Crippen LogP contribution in [-0.4, -0.2) is 29.4 Å². The summed E-state index contributed by atoms with van der Waals surface area (Å²) in [6.45, 7) is 5.15. The molecule has 0 aromatic carbocycles. The van der Waals surface area contributed by atoms with Crippen LogP contribution in [0.15, 0.2) is 0 Å². The molecule has 0 aromatic heterocycles. The smallest absolute Gasteiger partial charge is 0.227 e.